The van der Waals surface area contributed by atoms with Gasteiger partial charge in [0, 0.05) is 15.6 Å². The molecule has 2 aromatic heterocycles. The molecule has 3 heteroatoms. The third kappa shape index (κ3) is 3.01. The van der Waals surface area contributed by atoms with Gasteiger partial charge in [0.25, 0.3) is 0 Å². The predicted molar refractivity (Wildman–Crippen MR) is 124 cm³/mol. The fourth-order valence-corrected chi connectivity index (χ4v) is 6.07. The van der Waals surface area contributed by atoms with Gasteiger partial charge in [-0.15, -0.1) is 11.3 Å². The minimum atomic E-state index is 0.870. The van der Waals surface area contributed by atoms with Gasteiger partial charge in [0.05, 0.1) is 15.9 Å². The molecule has 0 spiro atoms. The third-order valence-corrected chi connectivity index (χ3v) is 7.49. The van der Waals surface area contributed by atoms with Gasteiger partial charge >= 0.3 is 0 Å². The quantitative estimate of drug-likeness (QED) is 0.319. The molecule has 5 aromatic rings. The number of fused-ring (bicyclic) bond motifs is 4. The Morgan fingerprint density at radius 1 is 0.862 bits per heavy atom. The molecule has 0 saturated heterocycles. The van der Waals surface area contributed by atoms with Gasteiger partial charge in [-0.3, -0.25) is 0 Å². The minimum absolute atomic E-state index is 0.870. The summed E-state index contributed by atoms with van der Waals surface area (Å²) in [7, 11) is 0. The first-order chi connectivity index (χ1) is 14.3. The molecule has 0 bridgehead atoms. The highest BCUT2D eigenvalue weighted by Crippen LogP contribution is 2.39. The summed E-state index contributed by atoms with van der Waals surface area (Å²) in [6, 6.07) is 22.1. The first kappa shape index (κ1) is 17.1. The molecule has 0 radical (unpaired) electrons. The molecule has 1 aliphatic rings. The maximum absolute atomic E-state index is 4.68. The zero-order valence-corrected chi connectivity index (χ0v) is 17.1. The summed E-state index contributed by atoms with van der Waals surface area (Å²) < 4.78 is 2.52. The van der Waals surface area contributed by atoms with Crippen LogP contribution in [0.3, 0.4) is 0 Å². The average Bonchev–Trinajstić information content (AvgIpc) is 3.40. The van der Waals surface area contributed by atoms with Crippen molar-refractivity contribution in [2.24, 2.45) is 5.92 Å². The van der Waals surface area contributed by atoms with Crippen molar-refractivity contribution in [3.05, 3.63) is 72.6 Å². The monoisotopic (exact) mass is 394 g/mol. The van der Waals surface area contributed by atoms with E-state index in [9.17, 15) is 0 Å². The van der Waals surface area contributed by atoms with Crippen molar-refractivity contribution < 1.29 is 0 Å². The Kier molecular flexibility index (Phi) is 4.09. The number of thiophene rings is 1. The van der Waals surface area contributed by atoms with E-state index in [-0.39, 0.29) is 0 Å². The van der Waals surface area contributed by atoms with Gasteiger partial charge in [-0.1, -0.05) is 74.2 Å². The average molecular weight is 395 g/mol. The Labute approximate surface area is 174 Å². The van der Waals surface area contributed by atoms with Crippen molar-refractivity contribution in [1.82, 2.24) is 9.97 Å². The van der Waals surface area contributed by atoms with Crippen molar-refractivity contribution in [3.8, 4) is 11.3 Å². The number of nitrogens with zero attached hydrogens (tertiary/aromatic N) is 2. The van der Waals surface area contributed by atoms with Crippen LogP contribution in [0.4, 0.5) is 0 Å². The zero-order chi connectivity index (χ0) is 19.2. The van der Waals surface area contributed by atoms with Crippen LogP contribution in [-0.2, 0) is 6.42 Å². The largest absolute Gasteiger partial charge is 0.235 e. The number of rotatable bonds is 3. The van der Waals surface area contributed by atoms with Crippen molar-refractivity contribution >= 4 is 42.4 Å². The normalized spacial score (nSPS) is 15.0. The molecule has 1 fully saturated rings. The maximum Gasteiger partial charge on any atom is 0.116 e. The van der Waals surface area contributed by atoms with Crippen LogP contribution in [0.2, 0.25) is 0 Å². The lowest BCUT2D eigenvalue weighted by molar-refractivity contribution is 0.547. The van der Waals surface area contributed by atoms with Crippen LogP contribution in [-0.4, -0.2) is 9.97 Å². The highest BCUT2D eigenvalue weighted by atomic mass is 32.1. The van der Waals surface area contributed by atoms with E-state index in [0.717, 1.165) is 22.7 Å². The molecule has 29 heavy (non-hydrogen) atoms. The number of benzene rings is 3. The summed E-state index contributed by atoms with van der Waals surface area (Å²) in [4.78, 5) is 9.33. The zero-order valence-electron chi connectivity index (χ0n) is 16.3. The van der Waals surface area contributed by atoms with E-state index in [2.05, 4.69) is 70.6 Å². The molecule has 1 aliphatic carbocycles. The van der Waals surface area contributed by atoms with Gasteiger partial charge in [0.15, 0.2) is 0 Å². The Bertz CT molecular complexity index is 1350. The van der Waals surface area contributed by atoms with Gasteiger partial charge in [-0.2, -0.15) is 0 Å². The molecule has 0 atom stereocenters. The Balaban J connectivity index is 1.48. The van der Waals surface area contributed by atoms with Crippen LogP contribution in [0.1, 0.15) is 31.2 Å². The Hall–Kier alpha value is -2.78. The molecule has 142 valence electrons. The van der Waals surface area contributed by atoms with Gasteiger partial charge in [0.1, 0.15) is 6.33 Å². The number of hydrogen-bond donors (Lipinski definition) is 0. The number of hydrogen-bond acceptors (Lipinski definition) is 3. The molecular weight excluding hydrogens is 372 g/mol. The van der Waals surface area contributed by atoms with E-state index in [4.69, 9.17) is 0 Å². The summed E-state index contributed by atoms with van der Waals surface area (Å²) in [5.74, 6) is 0.870. The molecule has 2 nitrogen and oxygen atoms in total. The second-order valence-electron chi connectivity index (χ2n) is 8.25. The Morgan fingerprint density at radius 2 is 1.72 bits per heavy atom. The van der Waals surface area contributed by atoms with Crippen LogP contribution in [0, 0.1) is 5.92 Å². The molecule has 2 heterocycles. The first-order valence-corrected chi connectivity index (χ1v) is 11.3. The molecule has 0 N–H and O–H groups in total. The van der Waals surface area contributed by atoms with Gasteiger partial charge in [-0.05, 0) is 40.8 Å². The fourth-order valence-electron chi connectivity index (χ4n) is 4.84. The van der Waals surface area contributed by atoms with E-state index in [1.54, 1.807) is 6.33 Å². The topological polar surface area (TPSA) is 25.8 Å². The molecule has 0 aliphatic heterocycles. The second-order valence-corrected chi connectivity index (χ2v) is 9.30. The third-order valence-electron chi connectivity index (χ3n) is 6.34. The SMILES string of the molecule is c1ccc2cc(-c3ncnc4c3sc3cc(CC5CCCC5)ccc34)ccc2c1. The summed E-state index contributed by atoms with van der Waals surface area (Å²) in [6.45, 7) is 0. The minimum Gasteiger partial charge on any atom is -0.235 e. The lowest BCUT2D eigenvalue weighted by atomic mass is 9.97. The highest BCUT2D eigenvalue weighted by Gasteiger charge is 2.17. The fraction of sp³-hybridized carbons (Fsp3) is 0.231. The van der Waals surface area contributed by atoms with E-state index in [1.165, 1.54) is 63.2 Å². The molecule has 6 rings (SSSR count). The molecule has 0 amide bonds. The van der Waals surface area contributed by atoms with Crippen LogP contribution in [0.15, 0.2) is 67.0 Å². The lowest BCUT2D eigenvalue weighted by Gasteiger charge is -2.08. The summed E-state index contributed by atoms with van der Waals surface area (Å²) >= 11 is 1.84. The van der Waals surface area contributed by atoms with Crippen LogP contribution < -0.4 is 0 Å². The molecule has 0 unspecified atom stereocenters. The van der Waals surface area contributed by atoms with Crippen LogP contribution in [0.25, 0.3) is 42.3 Å². The van der Waals surface area contributed by atoms with Crippen LogP contribution in [0.5, 0.6) is 0 Å². The predicted octanol–water partition coefficient (Wildman–Crippen LogP) is 7.40. The summed E-state index contributed by atoms with van der Waals surface area (Å²) in [6.07, 6.45) is 8.52. The Morgan fingerprint density at radius 3 is 2.62 bits per heavy atom. The van der Waals surface area contributed by atoms with Gasteiger partial charge in [0.2, 0.25) is 0 Å². The van der Waals surface area contributed by atoms with E-state index < -0.39 is 0 Å². The summed E-state index contributed by atoms with van der Waals surface area (Å²) in [5.41, 5.74) is 4.75. The lowest BCUT2D eigenvalue weighted by Crippen LogP contribution is -1.98. The first-order valence-electron chi connectivity index (χ1n) is 10.5. The second kappa shape index (κ2) is 6.93. The number of aromatic nitrogens is 2. The van der Waals surface area contributed by atoms with Gasteiger partial charge in [-0.25, -0.2) is 9.97 Å². The van der Waals surface area contributed by atoms with Crippen molar-refractivity contribution in [2.75, 3.05) is 0 Å². The van der Waals surface area contributed by atoms with E-state index in [0.29, 0.717) is 0 Å². The van der Waals surface area contributed by atoms with Gasteiger partial charge < -0.3 is 0 Å². The van der Waals surface area contributed by atoms with E-state index in [1.807, 2.05) is 11.3 Å². The molecular formula is C26H22N2S. The molecule has 3 aromatic carbocycles. The van der Waals surface area contributed by atoms with Crippen molar-refractivity contribution in [1.29, 1.82) is 0 Å². The molecule has 1 saturated carbocycles. The van der Waals surface area contributed by atoms with Crippen LogP contribution >= 0.6 is 11.3 Å². The smallest absolute Gasteiger partial charge is 0.116 e. The van der Waals surface area contributed by atoms with E-state index >= 15 is 0 Å². The van der Waals surface area contributed by atoms with Crippen molar-refractivity contribution in [2.45, 2.75) is 32.1 Å². The highest BCUT2D eigenvalue weighted by molar-refractivity contribution is 7.26. The standard InChI is InChI=1S/C26H22N2S/c1-2-6-17(5-1)13-18-9-12-22-23(14-18)29-26-24(27-16-28-25(22)26)21-11-10-19-7-3-4-8-20(19)15-21/h3-4,7-12,14-17H,1-2,5-6,13H2. The van der Waals surface area contributed by atoms with Crippen molar-refractivity contribution in [3.63, 3.8) is 0 Å². The maximum atomic E-state index is 4.68. The summed E-state index contributed by atoms with van der Waals surface area (Å²) in [5, 5.41) is 3.76.